The molecule has 0 aliphatic heterocycles. The first-order chi connectivity index (χ1) is 10.1. The summed E-state index contributed by atoms with van der Waals surface area (Å²) in [6.45, 7) is 11.2. The molecular weight excluding hydrogens is 324 g/mol. The molecule has 1 N–H and O–H groups in total. The zero-order valence-corrected chi connectivity index (χ0v) is 15.2. The maximum Gasteiger partial charge on any atom is 0.0423 e. The lowest BCUT2D eigenvalue weighted by molar-refractivity contribution is 0.551. The van der Waals surface area contributed by atoms with E-state index in [1.165, 1.54) is 41.5 Å². The Labute approximate surface area is 138 Å². The highest BCUT2D eigenvalue weighted by Crippen LogP contribution is 2.33. The summed E-state index contributed by atoms with van der Waals surface area (Å²) in [6, 6.07) is 6.73. The second kappa shape index (κ2) is 8.19. The molecule has 1 aliphatic rings. The van der Waals surface area contributed by atoms with Gasteiger partial charge in [-0.05, 0) is 55.3 Å². The van der Waals surface area contributed by atoms with E-state index in [0.29, 0.717) is 5.92 Å². The number of benzene rings is 1. The van der Waals surface area contributed by atoms with Crippen molar-refractivity contribution < 1.29 is 0 Å². The molecule has 0 saturated heterocycles. The van der Waals surface area contributed by atoms with Crippen LogP contribution in [0, 0.1) is 11.8 Å². The van der Waals surface area contributed by atoms with Crippen LogP contribution in [0.5, 0.6) is 0 Å². The molecule has 1 aliphatic carbocycles. The number of nitrogens with zero attached hydrogens (tertiary/aromatic N) is 1. The van der Waals surface area contributed by atoms with Gasteiger partial charge in [0.2, 0.25) is 0 Å². The third-order valence-corrected chi connectivity index (χ3v) is 4.42. The molecule has 2 nitrogen and oxygen atoms in total. The van der Waals surface area contributed by atoms with Crippen molar-refractivity contribution in [2.24, 2.45) is 11.8 Å². The molecule has 0 atom stereocenters. The molecule has 118 valence electrons. The van der Waals surface area contributed by atoms with Crippen LogP contribution in [0.4, 0.5) is 5.69 Å². The lowest BCUT2D eigenvalue weighted by atomic mass is 10.1. The van der Waals surface area contributed by atoms with Gasteiger partial charge in [0.25, 0.3) is 0 Å². The molecular formula is C18H29BrN2. The Hall–Kier alpha value is -0.540. The Morgan fingerprint density at radius 1 is 1.33 bits per heavy atom. The second-order valence-electron chi connectivity index (χ2n) is 6.69. The first-order valence-electron chi connectivity index (χ1n) is 8.34. The molecule has 0 bridgehead atoms. The van der Waals surface area contributed by atoms with Gasteiger partial charge in [-0.25, -0.2) is 0 Å². The molecule has 0 unspecified atom stereocenters. The van der Waals surface area contributed by atoms with E-state index in [9.17, 15) is 0 Å². The molecule has 0 amide bonds. The van der Waals surface area contributed by atoms with Gasteiger partial charge in [-0.3, -0.25) is 0 Å². The summed E-state index contributed by atoms with van der Waals surface area (Å²) in [5.41, 5.74) is 2.84. The van der Waals surface area contributed by atoms with Crippen LogP contribution in [0.15, 0.2) is 22.7 Å². The molecule has 1 aromatic carbocycles. The van der Waals surface area contributed by atoms with Gasteiger partial charge >= 0.3 is 0 Å². The maximum atomic E-state index is 3.64. The zero-order valence-electron chi connectivity index (χ0n) is 13.7. The smallest absolute Gasteiger partial charge is 0.0423 e. The van der Waals surface area contributed by atoms with Crippen LogP contribution in [0.3, 0.4) is 0 Å². The van der Waals surface area contributed by atoms with Crippen molar-refractivity contribution in [1.29, 1.82) is 0 Å². The number of anilines is 1. The minimum atomic E-state index is 0.696. The van der Waals surface area contributed by atoms with E-state index >= 15 is 0 Å². The number of hydrogen-bond donors (Lipinski definition) is 1. The lowest BCUT2D eigenvalue weighted by Gasteiger charge is -2.27. The summed E-state index contributed by atoms with van der Waals surface area (Å²) in [5.74, 6) is 1.62. The Kier molecular flexibility index (Phi) is 6.56. The van der Waals surface area contributed by atoms with E-state index in [0.717, 1.165) is 25.6 Å². The molecule has 3 heteroatoms. The fraction of sp³-hybridized carbons (Fsp3) is 0.667. The summed E-state index contributed by atoms with van der Waals surface area (Å²) >= 11 is 3.64. The number of nitrogens with one attached hydrogen (secondary N) is 1. The molecule has 0 aromatic heterocycles. The zero-order chi connectivity index (χ0) is 15.2. The van der Waals surface area contributed by atoms with E-state index in [2.05, 4.69) is 65.1 Å². The van der Waals surface area contributed by atoms with Crippen molar-refractivity contribution in [3.8, 4) is 0 Å². The Morgan fingerprint density at radius 2 is 2.10 bits per heavy atom. The molecule has 21 heavy (non-hydrogen) atoms. The number of hydrogen-bond acceptors (Lipinski definition) is 2. The highest BCUT2D eigenvalue weighted by Gasteiger charge is 2.25. The Balaban J connectivity index is 2.10. The van der Waals surface area contributed by atoms with Crippen LogP contribution >= 0.6 is 15.9 Å². The summed E-state index contributed by atoms with van der Waals surface area (Å²) in [5, 5.41) is 3.58. The quantitative estimate of drug-likeness (QED) is 0.685. The lowest BCUT2D eigenvalue weighted by Crippen LogP contribution is -2.29. The predicted molar refractivity (Wildman–Crippen MR) is 95.9 cm³/mol. The molecule has 0 radical (unpaired) electrons. The normalized spacial score (nSPS) is 14.7. The average Bonchev–Trinajstić information content (AvgIpc) is 3.23. The van der Waals surface area contributed by atoms with Crippen molar-refractivity contribution in [3.63, 3.8) is 0 Å². The minimum Gasteiger partial charge on any atom is -0.371 e. The van der Waals surface area contributed by atoms with Gasteiger partial charge in [-0.15, -0.1) is 0 Å². The van der Waals surface area contributed by atoms with Crippen LogP contribution in [-0.4, -0.2) is 19.6 Å². The van der Waals surface area contributed by atoms with E-state index < -0.39 is 0 Å². The largest absolute Gasteiger partial charge is 0.371 e. The van der Waals surface area contributed by atoms with Crippen molar-refractivity contribution >= 4 is 21.6 Å². The summed E-state index contributed by atoms with van der Waals surface area (Å²) < 4.78 is 1.18. The van der Waals surface area contributed by atoms with Gasteiger partial charge < -0.3 is 10.2 Å². The molecule has 1 fully saturated rings. The van der Waals surface area contributed by atoms with Crippen LogP contribution in [0.25, 0.3) is 0 Å². The van der Waals surface area contributed by atoms with Crippen LogP contribution < -0.4 is 10.2 Å². The van der Waals surface area contributed by atoms with Crippen LogP contribution in [0.1, 0.15) is 45.6 Å². The highest BCUT2D eigenvalue weighted by atomic mass is 79.9. The van der Waals surface area contributed by atoms with Crippen molar-refractivity contribution in [1.82, 2.24) is 5.32 Å². The van der Waals surface area contributed by atoms with Gasteiger partial charge in [0.15, 0.2) is 0 Å². The molecule has 0 spiro atoms. The Morgan fingerprint density at radius 3 is 2.71 bits per heavy atom. The first-order valence-corrected chi connectivity index (χ1v) is 9.13. The SMILES string of the molecule is CCCN(CC1CC1)c1cc(Br)ccc1CNCC(C)C. The van der Waals surface area contributed by atoms with E-state index in [4.69, 9.17) is 0 Å². The van der Waals surface area contributed by atoms with Crippen molar-refractivity contribution in [2.45, 2.75) is 46.6 Å². The first kappa shape index (κ1) is 16.8. The van der Waals surface area contributed by atoms with Crippen molar-refractivity contribution in [3.05, 3.63) is 28.2 Å². The van der Waals surface area contributed by atoms with Gasteiger partial charge in [0.1, 0.15) is 0 Å². The van der Waals surface area contributed by atoms with Crippen molar-refractivity contribution in [2.75, 3.05) is 24.5 Å². The monoisotopic (exact) mass is 352 g/mol. The highest BCUT2D eigenvalue weighted by molar-refractivity contribution is 9.10. The van der Waals surface area contributed by atoms with Gasteiger partial charge in [-0.2, -0.15) is 0 Å². The van der Waals surface area contributed by atoms with E-state index in [-0.39, 0.29) is 0 Å². The predicted octanol–water partition coefficient (Wildman–Crippen LogP) is 4.82. The summed E-state index contributed by atoms with van der Waals surface area (Å²) in [6.07, 6.45) is 4.03. The minimum absolute atomic E-state index is 0.696. The van der Waals surface area contributed by atoms with Gasteiger partial charge in [-0.1, -0.05) is 42.8 Å². The molecule has 1 saturated carbocycles. The third kappa shape index (κ3) is 5.63. The summed E-state index contributed by atoms with van der Waals surface area (Å²) in [7, 11) is 0. The van der Waals surface area contributed by atoms with Gasteiger partial charge in [0.05, 0.1) is 0 Å². The average molecular weight is 353 g/mol. The molecule has 2 rings (SSSR count). The second-order valence-corrected chi connectivity index (χ2v) is 7.60. The molecule has 0 heterocycles. The standard InChI is InChI=1S/C18H29BrN2/c1-4-9-21(13-15-5-6-15)18-10-17(19)8-7-16(18)12-20-11-14(2)3/h7-8,10,14-15,20H,4-6,9,11-13H2,1-3H3. The maximum absolute atomic E-state index is 3.64. The van der Waals surface area contributed by atoms with Gasteiger partial charge in [0, 0.05) is 29.8 Å². The number of halogens is 1. The fourth-order valence-corrected chi connectivity index (χ4v) is 3.02. The van der Waals surface area contributed by atoms with E-state index in [1.54, 1.807) is 0 Å². The Bertz CT molecular complexity index is 441. The number of rotatable bonds is 9. The third-order valence-electron chi connectivity index (χ3n) is 3.93. The van der Waals surface area contributed by atoms with Crippen LogP contribution in [0.2, 0.25) is 0 Å². The topological polar surface area (TPSA) is 15.3 Å². The van der Waals surface area contributed by atoms with E-state index in [1.807, 2.05) is 0 Å². The fourth-order valence-electron chi connectivity index (χ4n) is 2.67. The van der Waals surface area contributed by atoms with Crippen LogP contribution in [-0.2, 0) is 6.54 Å². The summed E-state index contributed by atoms with van der Waals surface area (Å²) in [4.78, 5) is 2.59. The molecule has 1 aromatic rings.